The first-order valence-corrected chi connectivity index (χ1v) is 6.52. The van der Waals surface area contributed by atoms with Crippen LogP contribution in [0, 0.1) is 10.1 Å². The van der Waals surface area contributed by atoms with Crippen molar-refractivity contribution >= 4 is 5.69 Å². The van der Waals surface area contributed by atoms with Gasteiger partial charge in [-0.25, -0.2) is 0 Å². The van der Waals surface area contributed by atoms with Gasteiger partial charge in [0.1, 0.15) is 0 Å². The van der Waals surface area contributed by atoms with E-state index in [1.165, 1.54) is 12.8 Å². The number of hydrogen-bond acceptors (Lipinski definition) is 3. The molecule has 18 heavy (non-hydrogen) atoms. The van der Waals surface area contributed by atoms with Crippen LogP contribution in [0.3, 0.4) is 0 Å². The molecule has 4 nitrogen and oxygen atoms in total. The van der Waals surface area contributed by atoms with Gasteiger partial charge in [-0.05, 0) is 25.5 Å². The zero-order valence-corrected chi connectivity index (χ0v) is 11.4. The SMILES string of the molecule is CCCC(CC)N(C)Cc1ccc([N+](=O)[O-])cc1. The molecule has 0 radical (unpaired) electrons. The van der Waals surface area contributed by atoms with Crippen molar-refractivity contribution < 1.29 is 4.92 Å². The molecule has 0 aliphatic carbocycles. The van der Waals surface area contributed by atoms with Crippen molar-refractivity contribution in [1.29, 1.82) is 0 Å². The van der Waals surface area contributed by atoms with Gasteiger partial charge in [-0.2, -0.15) is 0 Å². The van der Waals surface area contributed by atoms with Gasteiger partial charge in [0.2, 0.25) is 0 Å². The fourth-order valence-electron chi connectivity index (χ4n) is 2.21. The summed E-state index contributed by atoms with van der Waals surface area (Å²) in [4.78, 5) is 12.5. The molecule has 0 fully saturated rings. The third-order valence-corrected chi connectivity index (χ3v) is 3.30. The predicted molar refractivity (Wildman–Crippen MR) is 73.6 cm³/mol. The van der Waals surface area contributed by atoms with Gasteiger partial charge in [-0.3, -0.25) is 15.0 Å². The third-order valence-electron chi connectivity index (χ3n) is 3.30. The lowest BCUT2D eigenvalue weighted by Crippen LogP contribution is -2.30. The molecule has 0 amide bonds. The van der Waals surface area contributed by atoms with Gasteiger partial charge < -0.3 is 0 Å². The number of hydrogen-bond donors (Lipinski definition) is 0. The summed E-state index contributed by atoms with van der Waals surface area (Å²) < 4.78 is 0. The van der Waals surface area contributed by atoms with Gasteiger partial charge in [0.05, 0.1) is 4.92 Å². The van der Waals surface area contributed by atoms with E-state index >= 15 is 0 Å². The van der Waals surface area contributed by atoms with Crippen LogP contribution in [0.25, 0.3) is 0 Å². The fraction of sp³-hybridized carbons (Fsp3) is 0.571. The molecule has 1 unspecified atom stereocenters. The van der Waals surface area contributed by atoms with E-state index < -0.39 is 0 Å². The van der Waals surface area contributed by atoms with Crippen molar-refractivity contribution in [1.82, 2.24) is 4.90 Å². The Kier molecular flexibility index (Phi) is 5.78. The smallest absolute Gasteiger partial charge is 0.269 e. The first kappa shape index (κ1) is 14.6. The standard InChI is InChI=1S/C14H22N2O2/c1-4-6-13(5-2)15(3)11-12-7-9-14(10-8-12)16(17)18/h7-10,13H,4-6,11H2,1-3H3. The van der Waals surface area contributed by atoms with Crippen LogP contribution < -0.4 is 0 Å². The molecule has 0 aliphatic rings. The summed E-state index contributed by atoms with van der Waals surface area (Å²) in [7, 11) is 2.12. The largest absolute Gasteiger partial charge is 0.299 e. The molecule has 0 saturated carbocycles. The molecule has 0 aliphatic heterocycles. The predicted octanol–water partition coefficient (Wildman–Crippen LogP) is 3.61. The molecule has 0 bridgehead atoms. The Morgan fingerprint density at radius 1 is 1.28 bits per heavy atom. The molecule has 1 atom stereocenters. The van der Waals surface area contributed by atoms with Gasteiger partial charge in [0.15, 0.2) is 0 Å². The molecule has 1 aromatic rings. The van der Waals surface area contributed by atoms with Crippen LogP contribution in [-0.4, -0.2) is 22.9 Å². The van der Waals surface area contributed by atoms with Crippen LogP contribution in [0.15, 0.2) is 24.3 Å². The minimum atomic E-state index is -0.362. The van der Waals surface area contributed by atoms with Crippen LogP contribution in [0.5, 0.6) is 0 Å². The molecule has 0 spiro atoms. The Labute approximate surface area is 109 Å². The minimum Gasteiger partial charge on any atom is -0.299 e. The maximum Gasteiger partial charge on any atom is 0.269 e. The molecule has 0 aromatic heterocycles. The van der Waals surface area contributed by atoms with Gasteiger partial charge in [0, 0.05) is 24.7 Å². The molecule has 4 heteroatoms. The Hall–Kier alpha value is -1.42. The first-order valence-electron chi connectivity index (χ1n) is 6.52. The minimum absolute atomic E-state index is 0.155. The van der Waals surface area contributed by atoms with Crippen LogP contribution in [0.1, 0.15) is 38.7 Å². The molecule has 0 saturated heterocycles. The quantitative estimate of drug-likeness (QED) is 0.548. The molecular formula is C14H22N2O2. The van der Waals surface area contributed by atoms with E-state index in [1.54, 1.807) is 12.1 Å². The lowest BCUT2D eigenvalue weighted by atomic mass is 10.1. The summed E-state index contributed by atoms with van der Waals surface area (Å²) in [6.07, 6.45) is 3.51. The van der Waals surface area contributed by atoms with Gasteiger partial charge in [-0.1, -0.05) is 32.4 Å². The normalized spacial score (nSPS) is 12.7. The number of nitro groups is 1. The monoisotopic (exact) mass is 250 g/mol. The van der Waals surface area contributed by atoms with E-state index in [1.807, 2.05) is 12.1 Å². The van der Waals surface area contributed by atoms with Crippen LogP contribution >= 0.6 is 0 Å². The van der Waals surface area contributed by atoms with E-state index in [-0.39, 0.29) is 10.6 Å². The summed E-state index contributed by atoms with van der Waals surface area (Å²) >= 11 is 0. The van der Waals surface area contributed by atoms with Crippen molar-refractivity contribution in [3.05, 3.63) is 39.9 Å². The Morgan fingerprint density at radius 2 is 1.89 bits per heavy atom. The summed E-state index contributed by atoms with van der Waals surface area (Å²) in [5.74, 6) is 0. The highest BCUT2D eigenvalue weighted by atomic mass is 16.6. The summed E-state index contributed by atoms with van der Waals surface area (Å²) in [6, 6.07) is 7.42. The maximum atomic E-state index is 10.6. The highest BCUT2D eigenvalue weighted by Gasteiger charge is 2.12. The summed E-state index contributed by atoms with van der Waals surface area (Å²) in [5, 5.41) is 10.6. The van der Waals surface area contributed by atoms with Crippen molar-refractivity contribution in [2.45, 2.75) is 45.7 Å². The fourth-order valence-corrected chi connectivity index (χ4v) is 2.21. The first-order chi connectivity index (χ1) is 8.58. The van der Waals surface area contributed by atoms with E-state index in [0.717, 1.165) is 18.5 Å². The molecular weight excluding hydrogens is 228 g/mol. The van der Waals surface area contributed by atoms with Crippen LogP contribution in [0.2, 0.25) is 0 Å². The number of nitrogens with zero attached hydrogens (tertiary/aromatic N) is 2. The summed E-state index contributed by atoms with van der Waals surface area (Å²) in [5.41, 5.74) is 1.28. The van der Waals surface area contributed by atoms with Gasteiger partial charge >= 0.3 is 0 Å². The highest BCUT2D eigenvalue weighted by Crippen LogP contribution is 2.16. The molecule has 1 aromatic carbocycles. The Morgan fingerprint density at radius 3 is 2.33 bits per heavy atom. The van der Waals surface area contributed by atoms with Crippen molar-refractivity contribution in [2.24, 2.45) is 0 Å². The molecule has 1 rings (SSSR count). The van der Waals surface area contributed by atoms with E-state index in [9.17, 15) is 10.1 Å². The average molecular weight is 250 g/mol. The number of benzene rings is 1. The third kappa shape index (κ3) is 4.11. The van der Waals surface area contributed by atoms with Crippen LogP contribution in [-0.2, 0) is 6.54 Å². The lowest BCUT2D eigenvalue weighted by Gasteiger charge is -2.26. The van der Waals surface area contributed by atoms with Crippen LogP contribution in [0.4, 0.5) is 5.69 Å². The average Bonchev–Trinajstić information content (AvgIpc) is 2.36. The van der Waals surface area contributed by atoms with E-state index in [4.69, 9.17) is 0 Å². The number of non-ortho nitro benzene ring substituents is 1. The number of rotatable bonds is 7. The second-order valence-corrected chi connectivity index (χ2v) is 4.69. The van der Waals surface area contributed by atoms with E-state index in [0.29, 0.717) is 6.04 Å². The number of nitro benzene ring substituents is 1. The molecule has 0 heterocycles. The maximum absolute atomic E-state index is 10.6. The highest BCUT2D eigenvalue weighted by molar-refractivity contribution is 5.32. The second-order valence-electron chi connectivity index (χ2n) is 4.69. The van der Waals surface area contributed by atoms with E-state index in [2.05, 4.69) is 25.8 Å². The van der Waals surface area contributed by atoms with Crippen molar-refractivity contribution in [3.8, 4) is 0 Å². The second kappa shape index (κ2) is 7.11. The van der Waals surface area contributed by atoms with Crippen molar-refractivity contribution in [3.63, 3.8) is 0 Å². The van der Waals surface area contributed by atoms with Gasteiger partial charge in [-0.15, -0.1) is 0 Å². The lowest BCUT2D eigenvalue weighted by molar-refractivity contribution is -0.384. The molecule has 100 valence electrons. The Balaban J connectivity index is 2.63. The summed E-state index contributed by atoms with van der Waals surface area (Å²) in [6.45, 7) is 5.24. The molecule has 0 N–H and O–H groups in total. The zero-order valence-electron chi connectivity index (χ0n) is 11.4. The zero-order chi connectivity index (χ0) is 13.5. The van der Waals surface area contributed by atoms with Gasteiger partial charge in [0.25, 0.3) is 5.69 Å². The van der Waals surface area contributed by atoms with Crippen molar-refractivity contribution in [2.75, 3.05) is 7.05 Å². The Bertz CT molecular complexity index is 376. The topological polar surface area (TPSA) is 46.4 Å².